The molecule has 0 unspecified atom stereocenters. The van der Waals surface area contributed by atoms with Gasteiger partial charge >= 0.3 is 0 Å². The average Bonchev–Trinajstić information content (AvgIpc) is 3.20. The third-order valence-electron chi connectivity index (χ3n) is 5.90. The van der Waals surface area contributed by atoms with Crippen LogP contribution in [0.3, 0.4) is 0 Å². The van der Waals surface area contributed by atoms with Gasteiger partial charge in [0, 0.05) is 54.8 Å². The molecule has 0 bridgehead atoms. The van der Waals surface area contributed by atoms with Crippen LogP contribution in [0.4, 0.5) is 0 Å². The van der Waals surface area contributed by atoms with E-state index in [0.29, 0.717) is 58.7 Å². The Hall–Kier alpha value is -1.97. The topological polar surface area (TPSA) is 72.0 Å². The fourth-order valence-corrected chi connectivity index (χ4v) is 5.22. The van der Waals surface area contributed by atoms with Gasteiger partial charge in [-0.3, -0.25) is 9.59 Å². The first-order chi connectivity index (χ1) is 15.5. The van der Waals surface area contributed by atoms with Crippen molar-refractivity contribution in [3.05, 3.63) is 44.8 Å². The number of carbonyl (C=O) groups excluding carboxylic acids is 2. The molecule has 172 valence electrons. The van der Waals surface area contributed by atoms with Crippen LogP contribution in [0.25, 0.3) is 0 Å². The smallest absolute Gasteiger partial charge is 0.228 e. The standard InChI is InChI=1S/C23H28BrN3O4S/c1-16-25-19(15-32-16)13-23(29)27-6-5-21(31-20-4-2-3-18(24)12-20)17(14-27)11-22(28)26-7-9-30-10-8-26/h2-4,12,15,17,21H,5-11,13-14H2,1H3/t17-,21-/m0/s1. The molecule has 7 nitrogen and oxygen atoms in total. The number of halogens is 1. The summed E-state index contributed by atoms with van der Waals surface area (Å²) in [4.78, 5) is 34.1. The van der Waals surface area contributed by atoms with Crippen molar-refractivity contribution in [2.75, 3.05) is 39.4 Å². The van der Waals surface area contributed by atoms with Crippen LogP contribution in [-0.2, 0) is 20.7 Å². The summed E-state index contributed by atoms with van der Waals surface area (Å²) < 4.78 is 12.6. The predicted octanol–water partition coefficient (Wildman–Crippen LogP) is 3.30. The lowest BCUT2D eigenvalue weighted by Crippen LogP contribution is -2.50. The number of rotatable bonds is 6. The number of piperidine rings is 1. The normalized spacial score (nSPS) is 21.4. The third kappa shape index (κ3) is 6.08. The van der Waals surface area contributed by atoms with Gasteiger partial charge in [-0.15, -0.1) is 11.3 Å². The second-order valence-electron chi connectivity index (χ2n) is 8.23. The SMILES string of the molecule is Cc1nc(CC(=O)N2CC[C@H](Oc3cccc(Br)c3)[C@@H](CC(=O)N3CCOCC3)C2)cs1. The molecular formula is C23H28BrN3O4S. The molecule has 2 amide bonds. The molecule has 0 radical (unpaired) electrons. The van der Waals surface area contributed by atoms with Crippen molar-refractivity contribution in [3.63, 3.8) is 0 Å². The number of benzene rings is 1. The molecular weight excluding hydrogens is 494 g/mol. The maximum Gasteiger partial charge on any atom is 0.228 e. The van der Waals surface area contributed by atoms with Crippen molar-refractivity contribution >= 4 is 39.1 Å². The monoisotopic (exact) mass is 521 g/mol. The minimum Gasteiger partial charge on any atom is -0.490 e. The van der Waals surface area contributed by atoms with Crippen LogP contribution < -0.4 is 4.74 Å². The Balaban J connectivity index is 1.44. The molecule has 1 aromatic heterocycles. The predicted molar refractivity (Wildman–Crippen MR) is 126 cm³/mol. The molecule has 2 fully saturated rings. The number of thiazole rings is 1. The minimum absolute atomic E-state index is 0.0556. The molecule has 2 aliphatic rings. The quantitative estimate of drug-likeness (QED) is 0.583. The van der Waals surface area contributed by atoms with Gasteiger partial charge in [-0.2, -0.15) is 0 Å². The summed E-state index contributed by atoms with van der Waals surface area (Å²) in [5.41, 5.74) is 0.811. The van der Waals surface area contributed by atoms with E-state index in [0.717, 1.165) is 20.9 Å². The number of amides is 2. The molecule has 0 spiro atoms. The number of morpholine rings is 1. The van der Waals surface area contributed by atoms with E-state index in [4.69, 9.17) is 9.47 Å². The zero-order valence-electron chi connectivity index (χ0n) is 18.2. The molecule has 4 rings (SSSR count). The fourth-order valence-electron chi connectivity index (χ4n) is 4.23. The summed E-state index contributed by atoms with van der Waals surface area (Å²) in [5.74, 6) is 0.857. The molecule has 32 heavy (non-hydrogen) atoms. The van der Waals surface area contributed by atoms with Crippen LogP contribution in [0.5, 0.6) is 5.75 Å². The Morgan fingerprint density at radius 1 is 1.22 bits per heavy atom. The van der Waals surface area contributed by atoms with Gasteiger partial charge in [0.2, 0.25) is 11.8 Å². The van der Waals surface area contributed by atoms with Crippen LogP contribution in [-0.4, -0.2) is 72.1 Å². The first kappa shape index (κ1) is 23.2. The van der Waals surface area contributed by atoms with E-state index in [-0.39, 0.29) is 23.8 Å². The lowest BCUT2D eigenvalue weighted by Gasteiger charge is -2.39. The second-order valence-corrected chi connectivity index (χ2v) is 10.2. The number of carbonyl (C=O) groups is 2. The van der Waals surface area contributed by atoms with Crippen molar-refractivity contribution in [3.8, 4) is 5.75 Å². The lowest BCUT2D eigenvalue weighted by molar-refractivity contribution is -0.141. The lowest BCUT2D eigenvalue weighted by atomic mass is 9.90. The van der Waals surface area contributed by atoms with Crippen molar-refractivity contribution in [1.82, 2.24) is 14.8 Å². The van der Waals surface area contributed by atoms with E-state index in [1.807, 2.05) is 46.4 Å². The number of aromatic nitrogens is 1. The van der Waals surface area contributed by atoms with Gasteiger partial charge < -0.3 is 19.3 Å². The number of likely N-dealkylation sites (tertiary alicyclic amines) is 1. The molecule has 2 saturated heterocycles. The van der Waals surface area contributed by atoms with Crippen LogP contribution in [0.2, 0.25) is 0 Å². The van der Waals surface area contributed by atoms with Crippen LogP contribution >= 0.6 is 27.3 Å². The minimum atomic E-state index is -0.125. The van der Waals surface area contributed by atoms with Gasteiger partial charge in [-0.05, 0) is 25.1 Å². The Labute approximate surface area is 200 Å². The molecule has 9 heteroatoms. The molecule has 1 aromatic carbocycles. The fraction of sp³-hybridized carbons (Fsp3) is 0.522. The van der Waals surface area contributed by atoms with E-state index in [2.05, 4.69) is 20.9 Å². The molecule has 0 N–H and O–H groups in total. The summed E-state index contributed by atoms with van der Waals surface area (Å²) in [5, 5.41) is 2.90. The van der Waals surface area contributed by atoms with Crippen molar-refractivity contribution in [2.24, 2.45) is 5.92 Å². The van der Waals surface area contributed by atoms with Crippen LogP contribution in [0.1, 0.15) is 23.5 Å². The van der Waals surface area contributed by atoms with Gasteiger partial charge in [0.05, 0.1) is 30.3 Å². The van der Waals surface area contributed by atoms with Gasteiger partial charge in [0.1, 0.15) is 11.9 Å². The second kappa shape index (κ2) is 10.8. The van der Waals surface area contributed by atoms with E-state index in [9.17, 15) is 9.59 Å². The molecule has 0 aliphatic carbocycles. The van der Waals surface area contributed by atoms with E-state index >= 15 is 0 Å². The van der Waals surface area contributed by atoms with Crippen LogP contribution in [0, 0.1) is 12.8 Å². The molecule has 2 aromatic rings. The maximum absolute atomic E-state index is 13.0. The highest BCUT2D eigenvalue weighted by Crippen LogP contribution is 2.28. The number of hydrogen-bond acceptors (Lipinski definition) is 6. The summed E-state index contributed by atoms with van der Waals surface area (Å²) in [7, 11) is 0. The maximum atomic E-state index is 13.0. The van der Waals surface area contributed by atoms with Gasteiger partial charge in [0.15, 0.2) is 0 Å². The van der Waals surface area contributed by atoms with Gasteiger partial charge in [0.25, 0.3) is 0 Å². The highest BCUT2D eigenvalue weighted by molar-refractivity contribution is 9.10. The third-order valence-corrected chi connectivity index (χ3v) is 7.22. The summed E-state index contributed by atoms with van der Waals surface area (Å²) >= 11 is 5.04. The van der Waals surface area contributed by atoms with Crippen molar-refractivity contribution in [2.45, 2.75) is 32.3 Å². The number of nitrogens with zero attached hydrogens (tertiary/aromatic N) is 3. The van der Waals surface area contributed by atoms with Gasteiger partial charge in [-0.25, -0.2) is 4.98 Å². The Bertz CT molecular complexity index is 947. The van der Waals surface area contributed by atoms with Crippen LogP contribution in [0.15, 0.2) is 34.1 Å². The van der Waals surface area contributed by atoms with Crippen molar-refractivity contribution < 1.29 is 19.1 Å². The van der Waals surface area contributed by atoms with Gasteiger partial charge in [-0.1, -0.05) is 22.0 Å². The Morgan fingerprint density at radius 2 is 2.03 bits per heavy atom. The first-order valence-corrected chi connectivity index (χ1v) is 12.6. The molecule has 2 aliphatic heterocycles. The Morgan fingerprint density at radius 3 is 2.75 bits per heavy atom. The number of hydrogen-bond donors (Lipinski definition) is 0. The zero-order chi connectivity index (χ0) is 22.5. The molecule has 0 saturated carbocycles. The Kier molecular flexibility index (Phi) is 7.80. The van der Waals surface area contributed by atoms with E-state index < -0.39 is 0 Å². The summed E-state index contributed by atoms with van der Waals surface area (Å²) in [6, 6.07) is 7.74. The van der Waals surface area contributed by atoms with E-state index in [1.165, 1.54) is 0 Å². The summed E-state index contributed by atoms with van der Waals surface area (Å²) in [6.45, 7) is 5.46. The molecule has 2 atom stereocenters. The number of ether oxygens (including phenoxy) is 2. The van der Waals surface area contributed by atoms with E-state index in [1.54, 1.807) is 11.3 Å². The van der Waals surface area contributed by atoms with Crippen molar-refractivity contribution in [1.29, 1.82) is 0 Å². The highest BCUT2D eigenvalue weighted by atomic mass is 79.9. The number of aryl methyl sites for hydroxylation is 1. The average molecular weight is 522 g/mol. The first-order valence-electron chi connectivity index (χ1n) is 10.9. The zero-order valence-corrected chi connectivity index (χ0v) is 20.6. The summed E-state index contributed by atoms with van der Waals surface area (Å²) in [6.07, 6.45) is 1.22. The largest absolute Gasteiger partial charge is 0.490 e. The molecule has 3 heterocycles. The highest BCUT2D eigenvalue weighted by Gasteiger charge is 2.35.